The molecule has 0 aliphatic heterocycles. The standard InChI is InChI=1S/C22H36O2/c1-3-5-7-9-19-12-16-21(17-13-19)24-22(23)20-14-10-18(11-15-20)8-6-4-2/h6-9,18-21H,3-5,10-17H2,1-2H3/b8-6+,9-7+/t18-,19-,20-,21-. The van der Waals surface area contributed by atoms with Gasteiger partial charge in [0.05, 0.1) is 5.92 Å². The van der Waals surface area contributed by atoms with Crippen molar-refractivity contribution >= 4 is 5.97 Å². The maximum Gasteiger partial charge on any atom is 0.309 e. The van der Waals surface area contributed by atoms with Gasteiger partial charge in [-0.05, 0) is 76.0 Å². The first-order chi connectivity index (χ1) is 11.7. The highest BCUT2D eigenvalue weighted by Crippen LogP contribution is 2.33. The lowest BCUT2D eigenvalue weighted by atomic mass is 9.81. The zero-order valence-corrected chi connectivity index (χ0v) is 15.7. The van der Waals surface area contributed by atoms with E-state index in [0.29, 0.717) is 11.8 Å². The van der Waals surface area contributed by atoms with Gasteiger partial charge in [0, 0.05) is 0 Å². The Bertz CT molecular complexity index is 408. The number of carbonyl (C=O) groups is 1. The summed E-state index contributed by atoms with van der Waals surface area (Å²) in [6.07, 6.45) is 21.7. The summed E-state index contributed by atoms with van der Waals surface area (Å²) >= 11 is 0. The van der Waals surface area contributed by atoms with Crippen LogP contribution in [-0.2, 0) is 9.53 Å². The van der Waals surface area contributed by atoms with Gasteiger partial charge in [-0.3, -0.25) is 4.79 Å². The van der Waals surface area contributed by atoms with Crippen molar-refractivity contribution in [2.24, 2.45) is 17.8 Å². The minimum absolute atomic E-state index is 0.0814. The van der Waals surface area contributed by atoms with Gasteiger partial charge >= 0.3 is 5.97 Å². The summed E-state index contributed by atoms with van der Waals surface area (Å²) in [5, 5.41) is 0. The number of hydrogen-bond donors (Lipinski definition) is 0. The van der Waals surface area contributed by atoms with Crippen molar-refractivity contribution < 1.29 is 9.53 Å². The molecule has 0 radical (unpaired) electrons. The summed E-state index contributed by atoms with van der Waals surface area (Å²) in [4.78, 5) is 12.4. The maximum absolute atomic E-state index is 12.4. The van der Waals surface area contributed by atoms with Gasteiger partial charge in [0.25, 0.3) is 0 Å². The molecule has 24 heavy (non-hydrogen) atoms. The maximum atomic E-state index is 12.4. The Morgan fingerprint density at radius 1 is 0.875 bits per heavy atom. The topological polar surface area (TPSA) is 26.3 Å². The van der Waals surface area contributed by atoms with Crippen LogP contribution in [0.3, 0.4) is 0 Å². The van der Waals surface area contributed by atoms with Gasteiger partial charge in [0.2, 0.25) is 0 Å². The van der Waals surface area contributed by atoms with E-state index in [2.05, 4.69) is 38.2 Å². The summed E-state index contributed by atoms with van der Waals surface area (Å²) < 4.78 is 5.84. The molecule has 0 aromatic heterocycles. The molecule has 0 N–H and O–H groups in total. The number of esters is 1. The van der Waals surface area contributed by atoms with Crippen molar-refractivity contribution in [2.75, 3.05) is 0 Å². The first-order valence-corrected chi connectivity index (χ1v) is 10.3. The number of hydrogen-bond acceptors (Lipinski definition) is 2. The van der Waals surface area contributed by atoms with E-state index in [4.69, 9.17) is 4.74 Å². The monoisotopic (exact) mass is 332 g/mol. The number of allylic oxidation sites excluding steroid dienone is 4. The smallest absolute Gasteiger partial charge is 0.309 e. The predicted molar refractivity (Wildman–Crippen MR) is 101 cm³/mol. The van der Waals surface area contributed by atoms with Gasteiger partial charge in [0.15, 0.2) is 0 Å². The van der Waals surface area contributed by atoms with Crippen LogP contribution in [0, 0.1) is 17.8 Å². The van der Waals surface area contributed by atoms with Crippen LogP contribution in [-0.4, -0.2) is 12.1 Å². The highest BCUT2D eigenvalue weighted by molar-refractivity contribution is 5.72. The third-order valence-electron chi connectivity index (χ3n) is 5.61. The van der Waals surface area contributed by atoms with Crippen LogP contribution < -0.4 is 0 Å². The molecule has 2 rings (SSSR count). The molecule has 0 unspecified atom stereocenters. The van der Waals surface area contributed by atoms with Crippen LogP contribution in [0.1, 0.15) is 84.5 Å². The highest BCUT2D eigenvalue weighted by atomic mass is 16.5. The van der Waals surface area contributed by atoms with Crippen LogP contribution in [0.25, 0.3) is 0 Å². The fourth-order valence-corrected chi connectivity index (χ4v) is 3.99. The Hall–Kier alpha value is -1.05. The van der Waals surface area contributed by atoms with E-state index in [-0.39, 0.29) is 18.0 Å². The van der Waals surface area contributed by atoms with Crippen LogP contribution in [0.4, 0.5) is 0 Å². The van der Waals surface area contributed by atoms with Crippen LogP contribution in [0.2, 0.25) is 0 Å². The molecule has 0 atom stereocenters. The second-order valence-electron chi connectivity index (χ2n) is 7.64. The second-order valence-corrected chi connectivity index (χ2v) is 7.64. The molecule has 0 bridgehead atoms. The van der Waals surface area contributed by atoms with Crippen molar-refractivity contribution in [2.45, 2.75) is 90.6 Å². The fraction of sp³-hybridized carbons (Fsp3) is 0.773. The molecule has 136 valence electrons. The molecular formula is C22H36O2. The summed E-state index contributed by atoms with van der Waals surface area (Å²) in [7, 11) is 0. The Morgan fingerprint density at radius 2 is 1.46 bits per heavy atom. The van der Waals surface area contributed by atoms with E-state index >= 15 is 0 Å². The average molecular weight is 333 g/mol. The van der Waals surface area contributed by atoms with Crippen molar-refractivity contribution in [3.63, 3.8) is 0 Å². The van der Waals surface area contributed by atoms with Gasteiger partial charge in [-0.2, -0.15) is 0 Å². The van der Waals surface area contributed by atoms with Crippen molar-refractivity contribution in [3.05, 3.63) is 24.3 Å². The SMILES string of the molecule is CC/C=C/[C@H]1CC[C@H](C(=O)O[C@H]2CC[C@H](/C=C/CCC)CC2)CC1. The quantitative estimate of drug-likeness (QED) is 0.409. The van der Waals surface area contributed by atoms with Crippen LogP contribution in [0.5, 0.6) is 0 Å². The molecule has 2 fully saturated rings. The first kappa shape index (κ1) is 19.3. The third kappa shape index (κ3) is 6.45. The van der Waals surface area contributed by atoms with E-state index in [1.165, 1.54) is 25.7 Å². The lowest BCUT2D eigenvalue weighted by Crippen LogP contribution is -2.29. The van der Waals surface area contributed by atoms with Gasteiger partial charge in [-0.1, -0.05) is 44.6 Å². The van der Waals surface area contributed by atoms with Gasteiger partial charge in [0.1, 0.15) is 6.10 Å². The third-order valence-corrected chi connectivity index (χ3v) is 5.61. The average Bonchev–Trinajstić information content (AvgIpc) is 2.62. The largest absolute Gasteiger partial charge is 0.462 e. The molecule has 0 saturated heterocycles. The molecule has 2 aliphatic carbocycles. The van der Waals surface area contributed by atoms with E-state index in [1.807, 2.05) is 0 Å². The van der Waals surface area contributed by atoms with Crippen molar-refractivity contribution in [1.82, 2.24) is 0 Å². The fourth-order valence-electron chi connectivity index (χ4n) is 3.99. The normalized spacial score (nSPS) is 31.6. The molecule has 2 nitrogen and oxygen atoms in total. The molecule has 2 heteroatoms. The number of unbranched alkanes of at least 4 members (excludes halogenated alkanes) is 1. The summed E-state index contributed by atoms with van der Waals surface area (Å²) in [6.45, 7) is 4.39. The zero-order chi connectivity index (χ0) is 17.2. The molecule has 0 spiro atoms. The predicted octanol–water partition coefficient (Wildman–Crippen LogP) is 6.22. The Kier molecular flexibility index (Phi) is 8.63. The molecular weight excluding hydrogens is 296 g/mol. The van der Waals surface area contributed by atoms with Crippen LogP contribution >= 0.6 is 0 Å². The second kappa shape index (κ2) is 10.7. The highest BCUT2D eigenvalue weighted by Gasteiger charge is 2.29. The van der Waals surface area contributed by atoms with Crippen molar-refractivity contribution in [3.8, 4) is 0 Å². The van der Waals surface area contributed by atoms with E-state index in [1.54, 1.807) is 0 Å². The van der Waals surface area contributed by atoms with E-state index in [0.717, 1.165) is 44.9 Å². The van der Waals surface area contributed by atoms with Crippen molar-refractivity contribution in [1.29, 1.82) is 0 Å². The van der Waals surface area contributed by atoms with Gasteiger partial charge in [-0.15, -0.1) is 0 Å². The molecule has 0 aromatic carbocycles. The van der Waals surface area contributed by atoms with Crippen LogP contribution in [0.15, 0.2) is 24.3 Å². The summed E-state index contributed by atoms with van der Waals surface area (Å²) in [5.41, 5.74) is 0. The Balaban J connectivity index is 1.66. The summed E-state index contributed by atoms with van der Waals surface area (Å²) in [5.74, 6) is 1.61. The summed E-state index contributed by atoms with van der Waals surface area (Å²) in [6, 6.07) is 0. The first-order valence-electron chi connectivity index (χ1n) is 10.3. The van der Waals surface area contributed by atoms with E-state index < -0.39 is 0 Å². The number of carbonyl (C=O) groups excluding carboxylic acids is 1. The molecule has 0 amide bonds. The Morgan fingerprint density at radius 3 is 2.04 bits per heavy atom. The molecule has 2 saturated carbocycles. The zero-order valence-electron chi connectivity index (χ0n) is 15.7. The number of rotatable bonds is 7. The Labute approximate surface area is 148 Å². The number of ether oxygens (including phenoxy) is 1. The van der Waals surface area contributed by atoms with Gasteiger partial charge < -0.3 is 4.74 Å². The molecule has 0 aromatic rings. The van der Waals surface area contributed by atoms with Gasteiger partial charge in [-0.25, -0.2) is 0 Å². The molecule has 2 aliphatic rings. The minimum Gasteiger partial charge on any atom is -0.462 e. The molecule has 0 heterocycles. The lowest BCUT2D eigenvalue weighted by Gasteiger charge is -2.30. The lowest BCUT2D eigenvalue weighted by molar-refractivity contribution is -0.157. The van der Waals surface area contributed by atoms with E-state index in [9.17, 15) is 4.79 Å². The minimum atomic E-state index is 0.0814.